The number of halogens is 1. The molecule has 0 saturated carbocycles. The van der Waals surface area contributed by atoms with Crippen molar-refractivity contribution in [3.8, 4) is 0 Å². The van der Waals surface area contributed by atoms with Gasteiger partial charge in [-0.15, -0.1) is 35.5 Å². The largest absolute Gasteiger partial charge is 0.349 e. The summed E-state index contributed by atoms with van der Waals surface area (Å²) >= 11 is 3.49. The minimum Gasteiger partial charge on any atom is -0.349 e. The third-order valence-electron chi connectivity index (χ3n) is 4.18. The lowest BCUT2D eigenvalue weighted by molar-refractivity contribution is 0.0911. The van der Waals surface area contributed by atoms with Gasteiger partial charge < -0.3 is 10.6 Å². The number of rotatable bonds is 5. The molecule has 1 aromatic heterocycles. The molecule has 2 atom stereocenters. The predicted octanol–water partition coefficient (Wildman–Crippen LogP) is 4.19. The van der Waals surface area contributed by atoms with Crippen molar-refractivity contribution in [1.29, 1.82) is 0 Å². The summed E-state index contributed by atoms with van der Waals surface area (Å²) in [4.78, 5) is 15.1. The highest BCUT2D eigenvalue weighted by Gasteiger charge is 2.23. The van der Waals surface area contributed by atoms with E-state index in [0.717, 1.165) is 35.7 Å². The molecule has 0 bridgehead atoms. The Morgan fingerprint density at radius 3 is 2.92 bits per heavy atom. The van der Waals surface area contributed by atoms with Crippen molar-refractivity contribution in [2.45, 2.75) is 30.0 Å². The lowest BCUT2D eigenvalue weighted by Crippen LogP contribution is -2.48. The quantitative estimate of drug-likeness (QED) is 0.762. The second kappa shape index (κ2) is 9.47. The number of carbonyl (C=O) groups excluding carboxylic acids is 1. The maximum atomic E-state index is 12.7. The van der Waals surface area contributed by atoms with Gasteiger partial charge in [0, 0.05) is 21.6 Å². The highest BCUT2D eigenvalue weighted by Crippen LogP contribution is 2.28. The van der Waals surface area contributed by atoms with Gasteiger partial charge in [-0.3, -0.25) is 4.79 Å². The third kappa shape index (κ3) is 4.99. The Bertz CT molecular complexity index is 648. The van der Waals surface area contributed by atoms with Crippen molar-refractivity contribution in [1.82, 2.24) is 10.6 Å². The van der Waals surface area contributed by atoms with E-state index in [4.69, 9.17) is 0 Å². The van der Waals surface area contributed by atoms with E-state index in [2.05, 4.69) is 35.1 Å². The molecule has 1 aliphatic rings. The summed E-state index contributed by atoms with van der Waals surface area (Å²) in [5.74, 6) is 1.43. The first-order valence-corrected chi connectivity index (χ1v) is 9.86. The highest BCUT2D eigenvalue weighted by molar-refractivity contribution is 7.98. The minimum atomic E-state index is 0. The van der Waals surface area contributed by atoms with Crippen LogP contribution in [0.15, 0.2) is 46.7 Å². The van der Waals surface area contributed by atoms with Gasteiger partial charge in [-0.05, 0) is 49.0 Å². The van der Waals surface area contributed by atoms with Crippen LogP contribution in [0, 0.1) is 5.92 Å². The van der Waals surface area contributed by atoms with Gasteiger partial charge in [-0.1, -0.05) is 25.1 Å². The van der Waals surface area contributed by atoms with Crippen LogP contribution >= 0.6 is 35.5 Å². The summed E-state index contributed by atoms with van der Waals surface area (Å²) in [6.07, 6.45) is 0.997. The van der Waals surface area contributed by atoms with E-state index in [1.165, 1.54) is 4.88 Å². The van der Waals surface area contributed by atoms with E-state index in [9.17, 15) is 4.79 Å². The summed E-state index contributed by atoms with van der Waals surface area (Å²) in [6.45, 7) is 4.14. The van der Waals surface area contributed by atoms with Crippen LogP contribution in [0.5, 0.6) is 0 Å². The van der Waals surface area contributed by atoms with E-state index in [1.807, 2.05) is 24.3 Å². The second-order valence-corrected chi connectivity index (χ2v) is 7.96. The summed E-state index contributed by atoms with van der Waals surface area (Å²) in [5, 5.41) is 8.69. The fourth-order valence-corrected chi connectivity index (χ4v) is 4.62. The lowest BCUT2D eigenvalue weighted by atomic mass is 9.95. The van der Waals surface area contributed by atoms with Crippen molar-refractivity contribution in [3.05, 3.63) is 52.2 Å². The van der Waals surface area contributed by atoms with Crippen molar-refractivity contribution in [2.24, 2.45) is 5.92 Å². The van der Waals surface area contributed by atoms with E-state index >= 15 is 0 Å². The molecule has 0 radical (unpaired) electrons. The average Bonchev–Trinajstić information content (AvgIpc) is 3.09. The maximum absolute atomic E-state index is 12.7. The van der Waals surface area contributed by atoms with Gasteiger partial charge in [0.25, 0.3) is 5.91 Å². The standard InChI is InChI=1S/C18H22N2OS2.ClH/c1-13-11-19-9-8-16(13)20-18(21)15-6-2-3-7-17(15)23-12-14-5-4-10-22-14;/h2-7,10,13,16,19H,8-9,11-12H2,1H3,(H,20,21);1H. The number of piperidine rings is 1. The summed E-state index contributed by atoms with van der Waals surface area (Å²) in [5.41, 5.74) is 0.791. The zero-order valence-corrected chi connectivity index (χ0v) is 16.1. The van der Waals surface area contributed by atoms with Crippen LogP contribution in [-0.4, -0.2) is 25.0 Å². The number of benzene rings is 1. The molecule has 130 valence electrons. The van der Waals surface area contributed by atoms with Crippen LogP contribution in [-0.2, 0) is 5.75 Å². The first-order valence-electron chi connectivity index (χ1n) is 8.00. The number of carbonyl (C=O) groups is 1. The molecule has 2 unspecified atom stereocenters. The van der Waals surface area contributed by atoms with Gasteiger partial charge in [0.1, 0.15) is 0 Å². The number of thiophene rings is 1. The SMILES string of the molecule is CC1CNCCC1NC(=O)c1ccccc1SCc1cccs1.Cl. The molecule has 1 fully saturated rings. The minimum absolute atomic E-state index is 0. The van der Waals surface area contributed by atoms with Crippen LogP contribution in [0.25, 0.3) is 0 Å². The molecule has 2 N–H and O–H groups in total. The molecule has 2 heterocycles. The van der Waals surface area contributed by atoms with Crippen LogP contribution in [0.3, 0.4) is 0 Å². The number of thioether (sulfide) groups is 1. The lowest BCUT2D eigenvalue weighted by Gasteiger charge is -2.30. The van der Waals surface area contributed by atoms with Crippen LogP contribution in [0.4, 0.5) is 0 Å². The zero-order chi connectivity index (χ0) is 16.1. The van der Waals surface area contributed by atoms with Crippen molar-refractivity contribution in [3.63, 3.8) is 0 Å². The molecule has 1 aromatic carbocycles. The first kappa shape index (κ1) is 19.3. The number of hydrogen-bond acceptors (Lipinski definition) is 4. The Morgan fingerprint density at radius 1 is 1.33 bits per heavy atom. The van der Waals surface area contributed by atoms with Crippen molar-refractivity contribution >= 4 is 41.4 Å². The van der Waals surface area contributed by atoms with Crippen molar-refractivity contribution < 1.29 is 4.79 Å². The molecule has 6 heteroatoms. The first-order chi connectivity index (χ1) is 11.2. The summed E-state index contributed by atoms with van der Waals surface area (Å²) < 4.78 is 0. The van der Waals surface area contributed by atoms with Gasteiger partial charge in [-0.2, -0.15) is 0 Å². The van der Waals surface area contributed by atoms with Crippen LogP contribution in [0.1, 0.15) is 28.6 Å². The highest BCUT2D eigenvalue weighted by atomic mass is 35.5. The Balaban J connectivity index is 0.00000208. The Kier molecular flexibility index (Phi) is 7.62. The molecule has 1 aliphatic heterocycles. The van der Waals surface area contributed by atoms with E-state index in [1.54, 1.807) is 23.1 Å². The van der Waals surface area contributed by atoms with E-state index < -0.39 is 0 Å². The van der Waals surface area contributed by atoms with Gasteiger partial charge in [-0.25, -0.2) is 0 Å². The molecule has 0 spiro atoms. The molecule has 3 rings (SSSR count). The van der Waals surface area contributed by atoms with Crippen molar-refractivity contribution in [2.75, 3.05) is 13.1 Å². The molecule has 3 nitrogen and oxygen atoms in total. The molecular weight excluding hydrogens is 360 g/mol. The van der Waals surface area contributed by atoms with Gasteiger partial charge in [0.2, 0.25) is 0 Å². The molecule has 2 aromatic rings. The molecule has 24 heavy (non-hydrogen) atoms. The zero-order valence-electron chi connectivity index (χ0n) is 13.7. The van der Waals surface area contributed by atoms with Crippen LogP contribution < -0.4 is 10.6 Å². The number of hydrogen-bond donors (Lipinski definition) is 2. The normalized spacial score (nSPS) is 20.2. The Morgan fingerprint density at radius 2 is 2.17 bits per heavy atom. The monoisotopic (exact) mass is 382 g/mol. The Labute approximate surface area is 158 Å². The average molecular weight is 383 g/mol. The Hall–Kier alpha value is -1.01. The predicted molar refractivity (Wildman–Crippen MR) is 105 cm³/mol. The van der Waals surface area contributed by atoms with Gasteiger partial charge in [0.05, 0.1) is 5.56 Å². The smallest absolute Gasteiger partial charge is 0.252 e. The summed E-state index contributed by atoms with van der Waals surface area (Å²) in [7, 11) is 0. The maximum Gasteiger partial charge on any atom is 0.252 e. The fraction of sp³-hybridized carbons (Fsp3) is 0.389. The molecule has 1 saturated heterocycles. The van der Waals surface area contributed by atoms with E-state index in [0.29, 0.717) is 5.92 Å². The fourth-order valence-electron chi connectivity index (χ4n) is 2.80. The third-order valence-corrected chi connectivity index (χ3v) is 6.36. The van der Waals surface area contributed by atoms with E-state index in [-0.39, 0.29) is 24.4 Å². The molecule has 0 aliphatic carbocycles. The molecular formula is C18H23ClN2OS2. The summed E-state index contributed by atoms with van der Waals surface area (Å²) in [6, 6.07) is 12.4. The van der Waals surface area contributed by atoms with Gasteiger partial charge in [0.15, 0.2) is 0 Å². The molecule has 1 amide bonds. The number of amides is 1. The topological polar surface area (TPSA) is 41.1 Å². The van der Waals surface area contributed by atoms with Gasteiger partial charge >= 0.3 is 0 Å². The second-order valence-electron chi connectivity index (χ2n) is 5.91. The van der Waals surface area contributed by atoms with Crippen LogP contribution in [0.2, 0.25) is 0 Å². The number of nitrogens with one attached hydrogen (secondary N) is 2.